The number of sulfonamides is 1. The Balaban J connectivity index is 1.62. The quantitative estimate of drug-likeness (QED) is 0.658. The third-order valence-electron chi connectivity index (χ3n) is 6.79. The standard InChI is InChI=1S/C25H30N2O4S/c1-4-19-9-7-8-17(3)23(19)26-32(30,31)22-14-18(13-12-16(22)2)15-27-24(28)20-10-5-6-11-21(20)25(27)29/h7-9,12-14,20-21,26H,4-6,10-11,15H2,1-3H3/t20-,21-/m0/s1. The minimum absolute atomic E-state index is 0.109. The van der Waals surface area contributed by atoms with Crippen molar-refractivity contribution in [3.63, 3.8) is 0 Å². The molecule has 2 aliphatic rings. The van der Waals surface area contributed by atoms with Crippen LogP contribution in [0.1, 0.15) is 54.9 Å². The number of rotatable bonds is 6. The largest absolute Gasteiger partial charge is 0.279 e. The number of hydrogen-bond acceptors (Lipinski definition) is 4. The highest BCUT2D eigenvalue weighted by Crippen LogP contribution is 2.38. The number of carbonyl (C=O) groups is 2. The molecule has 2 amide bonds. The van der Waals surface area contributed by atoms with E-state index in [0.29, 0.717) is 23.2 Å². The van der Waals surface area contributed by atoms with Crippen molar-refractivity contribution >= 4 is 27.5 Å². The molecular weight excluding hydrogens is 424 g/mol. The van der Waals surface area contributed by atoms with Gasteiger partial charge in [-0.3, -0.25) is 19.2 Å². The molecule has 2 aromatic rings. The fourth-order valence-corrected chi connectivity index (χ4v) is 6.43. The smallest absolute Gasteiger partial charge is 0.262 e. The van der Waals surface area contributed by atoms with Crippen LogP contribution >= 0.6 is 0 Å². The number of amides is 2. The molecule has 1 aliphatic heterocycles. The molecule has 2 aromatic carbocycles. The van der Waals surface area contributed by atoms with Crippen molar-refractivity contribution in [2.45, 2.75) is 64.3 Å². The van der Waals surface area contributed by atoms with Crippen LogP contribution in [0.25, 0.3) is 0 Å². The van der Waals surface area contributed by atoms with Gasteiger partial charge in [0.15, 0.2) is 0 Å². The van der Waals surface area contributed by atoms with E-state index in [2.05, 4.69) is 4.72 Å². The van der Waals surface area contributed by atoms with Gasteiger partial charge >= 0.3 is 0 Å². The van der Waals surface area contributed by atoms with Crippen molar-refractivity contribution in [3.05, 3.63) is 58.7 Å². The average Bonchev–Trinajstić information content (AvgIpc) is 3.01. The lowest BCUT2D eigenvalue weighted by Gasteiger charge is -2.19. The summed E-state index contributed by atoms with van der Waals surface area (Å²) in [6, 6.07) is 10.8. The molecule has 0 spiro atoms. The maximum absolute atomic E-state index is 13.3. The molecular formula is C25H30N2O4S. The molecule has 6 nitrogen and oxygen atoms in total. The predicted octanol–water partition coefficient (Wildman–Crippen LogP) is 4.34. The monoisotopic (exact) mass is 454 g/mol. The molecule has 0 aromatic heterocycles. The van der Waals surface area contributed by atoms with Gasteiger partial charge < -0.3 is 0 Å². The van der Waals surface area contributed by atoms with E-state index < -0.39 is 10.0 Å². The fraction of sp³-hybridized carbons (Fsp3) is 0.440. The van der Waals surface area contributed by atoms with E-state index in [0.717, 1.165) is 36.8 Å². The molecule has 0 bridgehead atoms. The van der Waals surface area contributed by atoms with Crippen LogP contribution in [0.15, 0.2) is 41.3 Å². The summed E-state index contributed by atoms with van der Waals surface area (Å²) < 4.78 is 29.4. The highest BCUT2D eigenvalue weighted by Gasteiger charge is 2.47. The number of benzene rings is 2. The first-order valence-electron chi connectivity index (χ1n) is 11.3. The second-order valence-electron chi connectivity index (χ2n) is 8.93. The zero-order chi connectivity index (χ0) is 23.0. The lowest BCUT2D eigenvalue weighted by Crippen LogP contribution is -2.30. The van der Waals surface area contributed by atoms with E-state index in [1.807, 2.05) is 32.0 Å². The second-order valence-corrected chi connectivity index (χ2v) is 10.6. The Morgan fingerprint density at radius 1 is 0.969 bits per heavy atom. The maximum atomic E-state index is 13.3. The molecule has 4 rings (SSSR count). The van der Waals surface area contributed by atoms with Gasteiger partial charge in [0.1, 0.15) is 0 Å². The summed E-state index contributed by atoms with van der Waals surface area (Å²) in [4.78, 5) is 27.1. The molecule has 0 radical (unpaired) electrons. The van der Waals surface area contributed by atoms with Crippen molar-refractivity contribution in [2.24, 2.45) is 11.8 Å². The minimum Gasteiger partial charge on any atom is -0.279 e. The zero-order valence-corrected chi connectivity index (χ0v) is 19.7. The predicted molar refractivity (Wildman–Crippen MR) is 124 cm³/mol. The van der Waals surface area contributed by atoms with Crippen LogP contribution in [0.5, 0.6) is 0 Å². The van der Waals surface area contributed by atoms with Gasteiger partial charge in [-0.1, -0.05) is 50.1 Å². The van der Waals surface area contributed by atoms with E-state index in [-0.39, 0.29) is 35.1 Å². The van der Waals surface area contributed by atoms with Gasteiger partial charge in [-0.25, -0.2) is 8.42 Å². The van der Waals surface area contributed by atoms with Gasteiger partial charge in [0, 0.05) is 0 Å². The Hall–Kier alpha value is -2.67. The van der Waals surface area contributed by atoms with Crippen LogP contribution in [-0.2, 0) is 32.6 Å². The normalized spacial score (nSPS) is 21.0. The number of likely N-dealkylation sites (tertiary alicyclic amines) is 1. The molecule has 1 heterocycles. The summed E-state index contributed by atoms with van der Waals surface area (Å²) in [5, 5.41) is 0. The number of aryl methyl sites for hydroxylation is 3. The molecule has 1 saturated heterocycles. The van der Waals surface area contributed by atoms with Gasteiger partial charge in [-0.15, -0.1) is 0 Å². The molecule has 32 heavy (non-hydrogen) atoms. The Morgan fingerprint density at radius 2 is 1.62 bits per heavy atom. The van der Waals surface area contributed by atoms with E-state index >= 15 is 0 Å². The van der Waals surface area contributed by atoms with E-state index in [1.165, 1.54) is 4.90 Å². The third-order valence-corrected chi connectivity index (χ3v) is 8.28. The number of anilines is 1. The molecule has 170 valence electrons. The first-order chi connectivity index (χ1) is 15.2. The SMILES string of the molecule is CCc1cccc(C)c1NS(=O)(=O)c1cc(CN2C(=O)[C@H]3CCCC[C@@H]3C2=O)ccc1C. The van der Waals surface area contributed by atoms with Crippen LogP contribution < -0.4 is 4.72 Å². The summed E-state index contributed by atoms with van der Waals surface area (Å²) in [5.41, 5.74) is 3.64. The van der Waals surface area contributed by atoms with E-state index in [9.17, 15) is 18.0 Å². The first-order valence-corrected chi connectivity index (χ1v) is 12.8. The van der Waals surface area contributed by atoms with Crippen molar-refractivity contribution in [1.82, 2.24) is 4.90 Å². The molecule has 2 atom stereocenters. The van der Waals surface area contributed by atoms with Gasteiger partial charge in [0.25, 0.3) is 10.0 Å². The molecule has 0 unspecified atom stereocenters. The Labute approximate surface area is 190 Å². The second kappa shape index (κ2) is 8.70. The number of fused-ring (bicyclic) bond motifs is 1. The zero-order valence-electron chi connectivity index (χ0n) is 18.8. The highest BCUT2D eigenvalue weighted by molar-refractivity contribution is 7.92. The third kappa shape index (κ3) is 4.06. The van der Waals surface area contributed by atoms with Crippen LogP contribution in [0.3, 0.4) is 0 Å². The van der Waals surface area contributed by atoms with Crippen LogP contribution in [-0.4, -0.2) is 25.1 Å². The van der Waals surface area contributed by atoms with Crippen molar-refractivity contribution in [1.29, 1.82) is 0 Å². The molecule has 7 heteroatoms. The van der Waals surface area contributed by atoms with Crippen molar-refractivity contribution in [3.8, 4) is 0 Å². The van der Waals surface area contributed by atoms with E-state index in [4.69, 9.17) is 0 Å². The Kier molecular flexibility index (Phi) is 6.12. The van der Waals surface area contributed by atoms with Gasteiger partial charge in [0.2, 0.25) is 11.8 Å². The topological polar surface area (TPSA) is 83.6 Å². The van der Waals surface area contributed by atoms with Gasteiger partial charge in [-0.05, 0) is 61.4 Å². The molecule has 1 N–H and O–H groups in total. The lowest BCUT2D eigenvalue weighted by molar-refractivity contribution is -0.140. The number of para-hydroxylation sites is 1. The summed E-state index contributed by atoms with van der Waals surface area (Å²) >= 11 is 0. The lowest BCUT2D eigenvalue weighted by atomic mass is 9.81. The van der Waals surface area contributed by atoms with Crippen LogP contribution in [0, 0.1) is 25.7 Å². The summed E-state index contributed by atoms with van der Waals surface area (Å²) in [5.74, 6) is -0.647. The molecule has 2 fully saturated rings. The number of hydrogen-bond donors (Lipinski definition) is 1. The fourth-order valence-electron chi connectivity index (χ4n) is 4.96. The maximum Gasteiger partial charge on any atom is 0.262 e. The first kappa shape index (κ1) is 22.5. The van der Waals surface area contributed by atoms with Crippen LogP contribution in [0.4, 0.5) is 5.69 Å². The number of nitrogens with one attached hydrogen (secondary N) is 1. The van der Waals surface area contributed by atoms with Crippen molar-refractivity contribution < 1.29 is 18.0 Å². The summed E-state index contributed by atoms with van der Waals surface area (Å²) in [6.07, 6.45) is 4.19. The molecule has 1 saturated carbocycles. The van der Waals surface area contributed by atoms with E-state index in [1.54, 1.807) is 25.1 Å². The summed E-state index contributed by atoms with van der Waals surface area (Å²) in [7, 11) is -3.84. The number of imide groups is 1. The average molecular weight is 455 g/mol. The number of carbonyl (C=O) groups excluding carboxylic acids is 2. The van der Waals surface area contributed by atoms with Gasteiger partial charge in [-0.2, -0.15) is 0 Å². The Morgan fingerprint density at radius 3 is 2.25 bits per heavy atom. The minimum atomic E-state index is -3.84. The molecule has 1 aliphatic carbocycles. The van der Waals surface area contributed by atoms with Crippen molar-refractivity contribution in [2.75, 3.05) is 4.72 Å². The van der Waals surface area contributed by atoms with Gasteiger partial charge in [0.05, 0.1) is 29.0 Å². The summed E-state index contributed by atoms with van der Waals surface area (Å²) in [6.45, 7) is 5.72. The number of nitrogens with zero attached hydrogens (tertiary/aromatic N) is 1. The Bertz CT molecular complexity index is 1150. The van der Waals surface area contributed by atoms with Crippen LogP contribution in [0.2, 0.25) is 0 Å². The highest BCUT2D eigenvalue weighted by atomic mass is 32.2.